The van der Waals surface area contributed by atoms with Crippen LogP contribution in [0.1, 0.15) is 64.2 Å². The highest BCUT2D eigenvalue weighted by Crippen LogP contribution is 2.60. The van der Waals surface area contributed by atoms with Crippen molar-refractivity contribution in [1.29, 1.82) is 0 Å². The van der Waals surface area contributed by atoms with Crippen LogP contribution in [0.2, 0.25) is 0 Å². The maximum atomic E-state index is 13.6. The van der Waals surface area contributed by atoms with Crippen molar-refractivity contribution in [3.8, 4) is 0 Å². The third-order valence-corrected chi connectivity index (χ3v) is 9.34. The lowest BCUT2D eigenvalue weighted by atomic mass is 9.49. The fraction of sp³-hybridized carbons (Fsp3) is 0.880. The fourth-order valence-electron chi connectivity index (χ4n) is 8.17. The van der Waals surface area contributed by atoms with E-state index in [1.54, 1.807) is 19.0 Å². The molecule has 0 aromatic heterocycles. The molecule has 0 atom stereocenters. The first-order chi connectivity index (χ1) is 15.3. The quantitative estimate of drug-likeness (QED) is 0.725. The second kappa shape index (κ2) is 8.21. The summed E-state index contributed by atoms with van der Waals surface area (Å²) in [7, 11) is 3.59. The Kier molecular flexibility index (Phi) is 5.65. The van der Waals surface area contributed by atoms with Gasteiger partial charge in [0.25, 0.3) is 0 Å². The van der Waals surface area contributed by atoms with Crippen LogP contribution in [-0.2, 0) is 9.59 Å². The molecular formula is C25H40N4O3. The summed E-state index contributed by atoms with van der Waals surface area (Å²) >= 11 is 0. The molecule has 1 saturated heterocycles. The molecule has 1 aliphatic heterocycles. The van der Waals surface area contributed by atoms with Gasteiger partial charge in [0.1, 0.15) is 0 Å². The molecule has 1 N–H and O–H groups in total. The number of nitrogens with one attached hydrogen (secondary N) is 1. The highest BCUT2D eigenvalue weighted by Gasteiger charge is 2.55. The SMILES string of the molecule is CN(C)C(=O)C1(CNC(=O)N2CCN(C(=O)C34CC5CC(CC(C5)C3)C4)CC2)CCCC1. The number of rotatable bonds is 4. The first kappa shape index (κ1) is 22.0. The van der Waals surface area contributed by atoms with Crippen LogP contribution in [0.3, 0.4) is 0 Å². The lowest BCUT2D eigenvalue weighted by Crippen LogP contribution is -2.59. The Labute approximate surface area is 192 Å². The number of urea groups is 1. The third kappa shape index (κ3) is 3.79. The van der Waals surface area contributed by atoms with Gasteiger partial charge in [-0.05, 0) is 69.1 Å². The highest BCUT2D eigenvalue weighted by molar-refractivity contribution is 5.85. The van der Waals surface area contributed by atoms with Gasteiger partial charge in [-0.3, -0.25) is 9.59 Å². The zero-order chi connectivity index (χ0) is 22.5. The van der Waals surface area contributed by atoms with Crippen LogP contribution in [0.4, 0.5) is 4.79 Å². The van der Waals surface area contributed by atoms with Crippen LogP contribution in [0.5, 0.6) is 0 Å². The zero-order valence-electron chi connectivity index (χ0n) is 19.9. The van der Waals surface area contributed by atoms with Gasteiger partial charge in [-0.15, -0.1) is 0 Å². The normalized spacial score (nSPS) is 35.1. The van der Waals surface area contributed by atoms with E-state index in [1.165, 1.54) is 19.3 Å². The zero-order valence-corrected chi connectivity index (χ0v) is 19.9. The average Bonchev–Trinajstić information content (AvgIpc) is 3.25. The maximum Gasteiger partial charge on any atom is 0.317 e. The second-order valence-electron chi connectivity index (χ2n) is 11.8. The Morgan fingerprint density at radius 2 is 1.34 bits per heavy atom. The lowest BCUT2D eigenvalue weighted by Gasteiger charge is -2.57. The maximum absolute atomic E-state index is 13.6. The minimum atomic E-state index is -0.449. The molecule has 0 aromatic rings. The first-order valence-electron chi connectivity index (χ1n) is 12.8. The number of nitrogens with zero attached hydrogens (tertiary/aromatic N) is 3. The summed E-state index contributed by atoms with van der Waals surface area (Å²) in [5.74, 6) is 2.81. The molecule has 32 heavy (non-hydrogen) atoms. The lowest BCUT2D eigenvalue weighted by molar-refractivity contribution is -0.159. The van der Waals surface area contributed by atoms with E-state index >= 15 is 0 Å². The first-order valence-corrected chi connectivity index (χ1v) is 12.8. The predicted octanol–water partition coefficient (Wildman–Crippen LogP) is 2.71. The van der Waals surface area contributed by atoms with Crippen LogP contribution in [0, 0.1) is 28.6 Å². The smallest absolute Gasteiger partial charge is 0.317 e. The molecule has 1 heterocycles. The number of carbonyl (C=O) groups is 3. The Hall–Kier alpha value is -1.79. The Balaban J connectivity index is 1.14. The van der Waals surface area contributed by atoms with E-state index in [0.717, 1.165) is 62.7 Å². The minimum absolute atomic E-state index is 0.0928. The van der Waals surface area contributed by atoms with Crippen molar-refractivity contribution >= 4 is 17.8 Å². The van der Waals surface area contributed by atoms with Crippen molar-refractivity contribution in [2.45, 2.75) is 64.2 Å². The Morgan fingerprint density at radius 3 is 1.84 bits per heavy atom. The van der Waals surface area contributed by atoms with Gasteiger partial charge in [0, 0.05) is 46.8 Å². The summed E-state index contributed by atoms with van der Waals surface area (Å²) in [6, 6.07) is -0.0928. The molecule has 5 saturated carbocycles. The molecule has 0 unspecified atom stereocenters. The van der Waals surface area contributed by atoms with E-state index in [1.807, 2.05) is 9.80 Å². The van der Waals surface area contributed by atoms with E-state index in [2.05, 4.69) is 5.32 Å². The molecular weight excluding hydrogens is 404 g/mol. The third-order valence-electron chi connectivity index (χ3n) is 9.34. The van der Waals surface area contributed by atoms with Crippen molar-refractivity contribution < 1.29 is 14.4 Å². The second-order valence-corrected chi connectivity index (χ2v) is 11.8. The molecule has 6 fully saturated rings. The van der Waals surface area contributed by atoms with Crippen molar-refractivity contribution in [3.05, 3.63) is 0 Å². The van der Waals surface area contributed by atoms with Gasteiger partial charge in [-0.25, -0.2) is 4.79 Å². The van der Waals surface area contributed by atoms with E-state index in [0.29, 0.717) is 38.6 Å². The molecule has 7 nitrogen and oxygen atoms in total. The number of amides is 4. The molecule has 7 heteroatoms. The van der Waals surface area contributed by atoms with Gasteiger partial charge in [0.2, 0.25) is 11.8 Å². The summed E-state index contributed by atoms with van der Waals surface area (Å²) in [6.07, 6.45) is 11.1. The van der Waals surface area contributed by atoms with Crippen LogP contribution in [0.25, 0.3) is 0 Å². The molecule has 4 bridgehead atoms. The van der Waals surface area contributed by atoms with Gasteiger partial charge in [0.05, 0.1) is 10.8 Å². The largest absolute Gasteiger partial charge is 0.348 e. The number of piperazine rings is 1. The molecule has 4 amide bonds. The molecule has 0 radical (unpaired) electrons. The van der Waals surface area contributed by atoms with E-state index < -0.39 is 5.41 Å². The molecule has 5 aliphatic carbocycles. The average molecular weight is 445 g/mol. The molecule has 178 valence electrons. The number of carbonyl (C=O) groups excluding carboxylic acids is 3. The number of hydrogen-bond acceptors (Lipinski definition) is 3. The summed E-state index contributed by atoms with van der Waals surface area (Å²) in [5.41, 5.74) is -0.546. The van der Waals surface area contributed by atoms with E-state index in [4.69, 9.17) is 0 Å². The van der Waals surface area contributed by atoms with E-state index in [9.17, 15) is 14.4 Å². The Bertz CT molecular complexity index is 730. The molecule has 6 aliphatic rings. The van der Waals surface area contributed by atoms with Crippen molar-refractivity contribution in [1.82, 2.24) is 20.0 Å². The summed E-state index contributed by atoms with van der Waals surface area (Å²) in [6.45, 7) is 2.85. The van der Waals surface area contributed by atoms with Crippen LogP contribution in [-0.4, -0.2) is 79.4 Å². The van der Waals surface area contributed by atoms with E-state index in [-0.39, 0.29) is 17.4 Å². The van der Waals surface area contributed by atoms with Gasteiger partial charge in [-0.1, -0.05) is 12.8 Å². The van der Waals surface area contributed by atoms with Crippen molar-refractivity contribution in [2.24, 2.45) is 28.6 Å². The van der Waals surface area contributed by atoms with Crippen LogP contribution >= 0.6 is 0 Å². The number of hydrogen-bond donors (Lipinski definition) is 1. The molecule has 0 spiro atoms. The van der Waals surface area contributed by atoms with Gasteiger partial charge in [0.15, 0.2) is 0 Å². The molecule has 0 aromatic carbocycles. The summed E-state index contributed by atoms with van der Waals surface area (Å²) in [4.78, 5) is 44.7. The minimum Gasteiger partial charge on any atom is -0.348 e. The topological polar surface area (TPSA) is 73.0 Å². The Morgan fingerprint density at radius 1 is 0.844 bits per heavy atom. The van der Waals surface area contributed by atoms with Gasteiger partial charge >= 0.3 is 6.03 Å². The summed E-state index contributed by atoms with van der Waals surface area (Å²) in [5, 5.41) is 3.06. The van der Waals surface area contributed by atoms with Crippen molar-refractivity contribution in [3.63, 3.8) is 0 Å². The predicted molar refractivity (Wildman–Crippen MR) is 122 cm³/mol. The van der Waals surface area contributed by atoms with Crippen molar-refractivity contribution in [2.75, 3.05) is 46.8 Å². The monoisotopic (exact) mass is 444 g/mol. The van der Waals surface area contributed by atoms with Gasteiger partial charge in [-0.2, -0.15) is 0 Å². The van der Waals surface area contributed by atoms with Crippen LogP contribution in [0.15, 0.2) is 0 Å². The van der Waals surface area contributed by atoms with Crippen LogP contribution < -0.4 is 5.32 Å². The van der Waals surface area contributed by atoms with Gasteiger partial charge < -0.3 is 20.0 Å². The highest BCUT2D eigenvalue weighted by atomic mass is 16.2. The summed E-state index contributed by atoms with van der Waals surface area (Å²) < 4.78 is 0. The standard InChI is InChI=1S/C25H40N4O3/c1-27(2)21(30)24(5-3-4-6-24)17-26-23(32)29-9-7-28(8-10-29)22(31)25-14-18-11-19(15-25)13-20(12-18)16-25/h18-20H,3-17H2,1-2H3,(H,26,32). The molecule has 6 rings (SSSR count). The fourth-order valence-corrected chi connectivity index (χ4v) is 8.17.